The van der Waals surface area contributed by atoms with Gasteiger partial charge in [-0.3, -0.25) is 14.8 Å². The van der Waals surface area contributed by atoms with Crippen molar-refractivity contribution in [2.75, 3.05) is 31.1 Å². The number of aromatic nitrogens is 2. The topological polar surface area (TPSA) is 70.2 Å². The van der Waals surface area contributed by atoms with Crippen molar-refractivity contribution >= 4 is 22.5 Å². The van der Waals surface area contributed by atoms with Crippen molar-refractivity contribution in [1.29, 1.82) is 0 Å². The number of alkyl halides is 4. The molecular formula is C21H25F4N5O. The van der Waals surface area contributed by atoms with Crippen LogP contribution in [0.4, 0.5) is 23.2 Å². The molecule has 2 aromatic rings. The maximum Gasteiger partial charge on any atom is 0.393 e. The summed E-state index contributed by atoms with van der Waals surface area (Å²) in [5.41, 5.74) is 1.82. The summed E-state index contributed by atoms with van der Waals surface area (Å²) in [5, 5.41) is 6.23. The minimum Gasteiger partial charge on any atom is -0.367 e. The van der Waals surface area contributed by atoms with Crippen LogP contribution < -0.4 is 15.5 Å². The lowest BCUT2D eigenvalue weighted by Gasteiger charge is -2.40. The summed E-state index contributed by atoms with van der Waals surface area (Å²) in [6.45, 7) is 2.70. The highest BCUT2D eigenvalue weighted by Crippen LogP contribution is 2.37. The molecule has 2 aliphatic rings. The SMILES string of the molecule is Cc1ncc(N2C[C@H](NC(=O)C(F)C3CCNC3)C[C@H](C(F)(F)F)C2)c2cccnc12. The van der Waals surface area contributed by atoms with E-state index in [1.165, 1.54) is 0 Å². The predicted molar refractivity (Wildman–Crippen MR) is 108 cm³/mol. The van der Waals surface area contributed by atoms with Crippen LogP contribution in [-0.4, -0.2) is 60.4 Å². The molecule has 2 saturated heterocycles. The van der Waals surface area contributed by atoms with Gasteiger partial charge in [0.2, 0.25) is 0 Å². The number of halogens is 4. The third-order valence-corrected chi connectivity index (χ3v) is 6.17. The molecule has 31 heavy (non-hydrogen) atoms. The molecule has 0 bridgehead atoms. The van der Waals surface area contributed by atoms with Gasteiger partial charge in [0.15, 0.2) is 6.17 Å². The van der Waals surface area contributed by atoms with E-state index in [2.05, 4.69) is 20.6 Å². The largest absolute Gasteiger partial charge is 0.393 e. The van der Waals surface area contributed by atoms with Gasteiger partial charge in [0.1, 0.15) is 0 Å². The van der Waals surface area contributed by atoms with Crippen LogP contribution in [0.25, 0.3) is 10.9 Å². The Labute approximate surface area is 177 Å². The van der Waals surface area contributed by atoms with Gasteiger partial charge in [0, 0.05) is 43.2 Å². The van der Waals surface area contributed by atoms with E-state index in [1.807, 2.05) is 0 Å². The summed E-state index contributed by atoms with van der Waals surface area (Å²) in [7, 11) is 0. The van der Waals surface area contributed by atoms with E-state index in [0.29, 0.717) is 41.8 Å². The molecule has 4 atom stereocenters. The zero-order chi connectivity index (χ0) is 22.2. The molecule has 0 aliphatic carbocycles. The van der Waals surface area contributed by atoms with Crippen LogP contribution in [0.15, 0.2) is 24.5 Å². The van der Waals surface area contributed by atoms with Crippen molar-refractivity contribution in [1.82, 2.24) is 20.6 Å². The van der Waals surface area contributed by atoms with Crippen molar-refractivity contribution < 1.29 is 22.4 Å². The highest BCUT2D eigenvalue weighted by Gasteiger charge is 2.45. The van der Waals surface area contributed by atoms with E-state index in [-0.39, 0.29) is 19.5 Å². The molecule has 2 aliphatic heterocycles. The monoisotopic (exact) mass is 439 g/mol. The number of hydrogen-bond donors (Lipinski definition) is 2. The molecule has 1 amide bonds. The van der Waals surface area contributed by atoms with Crippen molar-refractivity contribution in [2.45, 2.75) is 38.2 Å². The first-order valence-electron chi connectivity index (χ1n) is 10.4. The van der Waals surface area contributed by atoms with Crippen LogP contribution in [0.3, 0.4) is 0 Å². The quantitative estimate of drug-likeness (QED) is 0.717. The van der Waals surface area contributed by atoms with Crippen LogP contribution in [0.1, 0.15) is 18.5 Å². The third kappa shape index (κ3) is 4.58. The van der Waals surface area contributed by atoms with E-state index in [4.69, 9.17) is 0 Å². The van der Waals surface area contributed by atoms with Gasteiger partial charge in [-0.25, -0.2) is 4.39 Å². The maximum absolute atomic E-state index is 14.6. The van der Waals surface area contributed by atoms with E-state index >= 15 is 0 Å². The number of nitrogens with zero attached hydrogens (tertiary/aromatic N) is 3. The number of aryl methyl sites for hydroxylation is 1. The molecule has 0 spiro atoms. The molecule has 0 saturated carbocycles. The van der Waals surface area contributed by atoms with Crippen molar-refractivity contribution in [3.63, 3.8) is 0 Å². The molecule has 0 radical (unpaired) electrons. The zero-order valence-electron chi connectivity index (χ0n) is 17.1. The summed E-state index contributed by atoms with van der Waals surface area (Å²) >= 11 is 0. The second-order valence-corrected chi connectivity index (χ2v) is 8.37. The molecule has 2 unspecified atom stereocenters. The average molecular weight is 439 g/mol. The van der Waals surface area contributed by atoms with Crippen LogP contribution in [0.2, 0.25) is 0 Å². The van der Waals surface area contributed by atoms with E-state index in [0.717, 1.165) is 0 Å². The molecule has 168 valence electrons. The van der Waals surface area contributed by atoms with Crippen LogP contribution in [-0.2, 0) is 4.79 Å². The van der Waals surface area contributed by atoms with Gasteiger partial charge in [0.25, 0.3) is 5.91 Å². The molecule has 0 aromatic carbocycles. The summed E-state index contributed by atoms with van der Waals surface area (Å²) < 4.78 is 55.6. The highest BCUT2D eigenvalue weighted by atomic mass is 19.4. The number of fused-ring (bicyclic) bond motifs is 1. The Morgan fingerprint density at radius 2 is 2.13 bits per heavy atom. The highest BCUT2D eigenvalue weighted by molar-refractivity contribution is 5.92. The maximum atomic E-state index is 14.6. The minimum atomic E-state index is -4.43. The lowest BCUT2D eigenvalue weighted by molar-refractivity contribution is -0.178. The van der Waals surface area contributed by atoms with Gasteiger partial charge in [-0.1, -0.05) is 0 Å². The predicted octanol–water partition coefficient (Wildman–Crippen LogP) is 2.76. The van der Waals surface area contributed by atoms with E-state index in [9.17, 15) is 22.4 Å². The fraction of sp³-hybridized carbons (Fsp3) is 0.571. The van der Waals surface area contributed by atoms with Crippen molar-refractivity contribution in [3.05, 3.63) is 30.2 Å². The first kappa shape index (κ1) is 21.7. The van der Waals surface area contributed by atoms with E-state index < -0.39 is 36.1 Å². The lowest BCUT2D eigenvalue weighted by atomic mass is 9.92. The Kier molecular flexibility index (Phi) is 6.00. The number of nitrogens with one attached hydrogen (secondary N) is 2. The van der Waals surface area contributed by atoms with Crippen molar-refractivity contribution in [3.8, 4) is 0 Å². The Hall–Kier alpha value is -2.49. The molecule has 4 rings (SSSR count). The number of carbonyl (C=O) groups is 1. The molecule has 2 fully saturated rings. The number of pyridine rings is 2. The Morgan fingerprint density at radius 1 is 1.32 bits per heavy atom. The smallest absolute Gasteiger partial charge is 0.367 e. The first-order valence-corrected chi connectivity index (χ1v) is 10.4. The number of anilines is 1. The zero-order valence-corrected chi connectivity index (χ0v) is 17.1. The van der Waals surface area contributed by atoms with Gasteiger partial charge in [-0.15, -0.1) is 0 Å². The summed E-state index contributed by atoms with van der Waals surface area (Å²) in [6, 6.07) is 2.69. The second kappa shape index (κ2) is 8.57. The van der Waals surface area contributed by atoms with Crippen LogP contribution in [0, 0.1) is 18.8 Å². The first-order chi connectivity index (χ1) is 14.7. The Morgan fingerprint density at radius 3 is 2.84 bits per heavy atom. The summed E-state index contributed by atoms with van der Waals surface area (Å²) in [5.74, 6) is -2.93. The Balaban J connectivity index is 1.59. The van der Waals surface area contributed by atoms with Gasteiger partial charge in [0.05, 0.1) is 29.0 Å². The molecule has 6 nitrogen and oxygen atoms in total. The fourth-order valence-corrected chi connectivity index (χ4v) is 4.50. The molecule has 2 N–H and O–H groups in total. The lowest BCUT2D eigenvalue weighted by Crippen LogP contribution is -2.55. The molecular weight excluding hydrogens is 414 g/mol. The van der Waals surface area contributed by atoms with Crippen molar-refractivity contribution in [2.24, 2.45) is 11.8 Å². The summed E-state index contributed by atoms with van der Waals surface area (Å²) in [6.07, 6.45) is -2.77. The number of piperidine rings is 1. The minimum absolute atomic E-state index is 0.142. The van der Waals surface area contributed by atoms with Gasteiger partial charge >= 0.3 is 6.18 Å². The number of amides is 1. The number of rotatable bonds is 4. The Bertz CT molecular complexity index is 947. The molecule has 10 heteroatoms. The van der Waals surface area contributed by atoms with Gasteiger partial charge in [-0.2, -0.15) is 13.2 Å². The number of carbonyl (C=O) groups excluding carboxylic acids is 1. The van der Waals surface area contributed by atoms with Gasteiger partial charge < -0.3 is 15.5 Å². The standard InChI is InChI=1S/C21H25F4N5O/c1-12-19-16(3-2-5-27-19)17(9-28-12)30-10-14(21(23,24)25)7-15(11-30)29-20(31)18(22)13-4-6-26-8-13/h2-3,5,9,13-15,18,26H,4,6-8,10-11H2,1H3,(H,29,31)/t13?,14-,15+,18?/m0/s1. The number of hydrogen-bond acceptors (Lipinski definition) is 5. The molecule has 4 heterocycles. The fourth-order valence-electron chi connectivity index (χ4n) is 4.50. The van der Waals surface area contributed by atoms with Crippen LogP contribution in [0.5, 0.6) is 0 Å². The van der Waals surface area contributed by atoms with E-state index in [1.54, 1.807) is 36.4 Å². The third-order valence-electron chi connectivity index (χ3n) is 6.17. The van der Waals surface area contributed by atoms with Gasteiger partial charge in [-0.05, 0) is 38.4 Å². The molecule has 2 aromatic heterocycles. The normalized spacial score (nSPS) is 25.6. The van der Waals surface area contributed by atoms with Crippen LogP contribution >= 0.6 is 0 Å². The summed E-state index contributed by atoms with van der Waals surface area (Å²) in [4.78, 5) is 22.6. The second-order valence-electron chi connectivity index (χ2n) is 8.37. The average Bonchev–Trinajstić information content (AvgIpc) is 3.27.